The lowest BCUT2D eigenvalue weighted by Crippen LogP contribution is -2.45. The molecular weight excluding hydrogens is 356 g/mol. The van der Waals surface area contributed by atoms with Crippen molar-refractivity contribution in [3.05, 3.63) is 35.9 Å². The third kappa shape index (κ3) is 9.50. The number of hydrogen-bond donors (Lipinski definition) is 2. The summed E-state index contributed by atoms with van der Waals surface area (Å²) in [5.74, 6) is -0.273. The first kappa shape index (κ1) is 23.6. The summed E-state index contributed by atoms with van der Waals surface area (Å²) in [5, 5.41) is 4.78. The number of amides is 4. The van der Waals surface area contributed by atoms with Gasteiger partial charge in [0.15, 0.2) is 0 Å². The number of nitrogens with one attached hydrogen (secondary N) is 2. The summed E-state index contributed by atoms with van der Waals surface area (Å²) in [6.45, 7) is 5.41. The fraction of sp³-hybridized carbons (Fsp3) is 0.571. The Morgan fingerprint density at radius 2 is 1.75 bits per heavy atom. The Morgan fingerprint density at radius 3 is 2.39 bits per heavy atom. The number of aryl methyl sites for hydroxylation is 1. The van der Waals surface area contributed by atoms with Crippen LogP contribution in [0, 0.1) is 5.92 Å². The number of imide groups is 1. The van der Waals surface area contributed by atoms with Crippen LogP contribution in [0.25, 0.3) is 0 Å². The van der Waals surface area contributed by atoms with Crippen LogP contribution in [-0.4, -0.2) is 67.9 Å². The van der Waals surface area contributed by atoms with E-state index in [9.17, 15) is 14.4 Å². The molecule has 0 heterocycles. The van der Waals surface area contributed by atoms with Crippen molar-refractivity contribution in [2.24, 2.45) is 5.92 Å². The van der Waals surface area contributed by atoms with Crippen LogP contribution < -0.4 is 10.6 Å². The predicted octanol–water partition coefficient (Wildman–Crippen LogP) is 1.88. The Kier molecular flexibility index (Phi) is 10.9. The number of carbonyl (C=O) groups is 3. The van der Waals surface area contributed by atoms with Gasteiger partial charge in [-0.15, -0.1) is 0 Å². The zero-order valence-corrected chi connectivity index (χ0v) is 17.5. The van der Waals surface area contributed by atoms with Crippen LogP contribution in [0.1, 0.15) is 32.3 Å². The van der Waals surface area contributed by atoms with E-state index in [4.69, 9.17) is 0 Å². The Balaban J connectivity index is 2.26. The van der Waals surface area contributed by atoms with Gasteiger partial charge in [-0.3, -0.25) is 19.8 Å². The molecule has 28 heavy (non-hydrogen) atoms. The average molecular weight is 391 g/mol. The highest BCUT2D eigenvalue weighted by atomic mass is 16.2. The zero-order valence-electron chi connectivity index (χ0n) is 17.5. The normalized spacial score (nSPS) is 11.8. The molecule has 1 aromatic rings. The van der Waals surface area contributed by atoms with Crippen molar-refractivity contribution < 1.29 is 14.4 Å². The molecule has 0 aliphatic carbocycles. The Bertz CT molecular complexity index is 621. The molecule has 2 N–H and O–H groups in total. The van der Waals surface area contributed by atoms with E-state index in [0.29, 0.717) is 19.6 Å². The highest BCUT2D eigenvalue weighted by Crippen LogP contribution is 2.12. The van der Waals surface area contributed by atoms with Crippen molar-refractivity contribution in [3.8, 4) is 0 Å². The Hall–Kier alpha value is -2.41. The van der Waals surface area contributed by atoms with Crippen molar-refractivity contribution in [2.45, 2.75) is 33.1 Å². The molecule has 1 rings (SSSR count). The fourth-order valence-electron chi connectivity index (χ4n) is 2.88. The summed E-state index contributed by atoms with van der Waals surface area (Å²) in [6.07, 6.45) is 2.80. The van der Waals surface area contributed by atoms with Gasteiger partial charge in [0.2, 0.25) is 11.8 Å². The third-order valence-corrected chi connectivity index (χ3v) is 4.56. The van der Waals surface area contributed by atoms with Gasteiger partial charge in [-0.05, 0) is 38.8 Å². The van der Waals surface area contributed by atoms with Crippen molar-refractivity contribution >= 4 is 17.8 Å². The van der Waals surface area contributed by atoms with E-state index >= 15 is 0 Å². The van der Waals surface area contributed by atoms with Gasteiger partial charge in [-0.1, -0.05) is 37.3 Å². The lowest BCUT2D eigenvalue weighted by molar-refractivity contribution is -0.134. The van der Waals surface area contributed by atoms with E-state index in [1.807, 2.05) is 25.1 Å². The van der Waals surface area contributed by atoms with Gasteiger partial charge in [0.25, 0.3) is 0 Å². The number of nitrogens with zero attached hydrogens (tertiary/aromatic N) is 2. The number of carbonyl (C=O) groups excluding carboxylic acids is 3. The zero-order chi connectivity index (χ0) is 20.9. The Morgan fingerprint density at radius 1 is 1.07 bits per heavy atom. The number of rotatable bonds is 11. The monoisotopic (exact) mass is 390 g/mol. The summed E-state index contributed by atoms with van der Waals surface area (Å²) in [4.78, 5) is 39.1. The van der Waals surface area contributed by atoms with Gasteiger partial charge < -0.3 is 10.2 Å². The average Bonchev–Trinajstić information content (AvgIpc) is 2.66. The number of hydrogen-bond acceptors (Lipinski definition) is 4. The summed E-state index contributed by atoms with van der Waals surface area (Å²) >= 11 is 0. The molecular formula is C21H34N4O3. The molecule has 0 bridgehead atoms. The maximum Gasteiger partial charge on any atom is 0.321 e. The van der Waals surface area contributed by atoms with E-state index in [0.717, 1.165) is 19.3 Å². The van der Waals surface area contributed by atoms with E-state index in [1.54, 1.807) is 30.8 Å². The van der Waals surface area contributed by atoms with Crippen LogP contribution in [0.2, 0.25) is 0 Å². The van der Waals surface area contributed by atoms with Crippen LogP contribution in [0.4, 0.5) is 4.79 Å². The van der Waals surface area contributed by atoms with Crippen molar-refractivity contribution in [1.82, 2.24) is 20.4 Å². The van der Waals surface area contributed by atoms with Crippen LogP contribution in [0.15, 0.2) is 30.3 Å². The van der Waals surface area contributed by atoms with Crippen LogP contribution in [0.3, 0.4) is 0 Å². The number of benzene rings is 1. The first-order valence-electron chi connectivity index (χ1n) is 9.88. The lowest BCUT2D eigenvalue weighted by Gasteiger charge is -2.24. The molecule has 7 nitrogen and oxygen atoms in total. The fourth-order valence-corrected chi connectivity index (χ4v) is 2.88. The van der Waals surface area contributed by atoms with Gasteiger partial charge in [-0.2, -0.15) is 0 Å². The van der Waals surface area contributed by atoms with E-state index in [2.05, 4.69) is 22.8 Å². The molecule has 0 aliphatic rings. The Labute approximate surface area is 168 Å². The molecule has 7 heteroatoms. The quantitative estimate of drug-likeness (QED) is 0.604. The molecule has 1 atom stereocenters. The second kappa shape index (κ2) is 12.9. The maximum absolute atomic E-state index is 12.5. The second-order valence-electron chi connectivity index (χ2n) is 7.18. The summed E-state index contributed by atoms with van der Waals surface area (Å²) in [6, 6.07) is 9.80. The third-order valence-electron chi connectivity index (χ3n) is 4.56. The van der Waals surface area contributed by atoms with E-state index in [1.165, 1.54) is 5.56 Å². The molecule has 1 unspecified atom stereocenters. The highest BCUT2D eigenvalue weighted by Gasteiger charge is 2.18. The smallest absolute Gasteiger partial charge is 0.321 e. The minimum Gasteiger partial charge on any atom is -0.344 e. The van der Waals surface area contributed by atoms with Gasteiger partial charge >= 0.3 is 6.03 Å². The van der Waals surface area contributed by atoms with Gasteiger partial charge in [-0.25, -0.2) is 4.79 Å². The number of likely N-dealkylation sites (N-methyl/N-ethyl adjacent to an activating group) is 2. The topological polar surface area (TPSA) is 81.8 Å². The standard InChI is InChI=1S/C21H34N4O3/c1-5-22-21(28)23-19(26)16-24(3)14-15-25(4)20(27)17(2)10-9-13-18-11-7-6-8-12-18/h6-8,11-12,17H,5,9-10,13-16H2,1-4H3,(H2,22,23,26,28). The first-order valence-corrected chi connectivity index (χ1v) is 9.88. The van der Waals surface area contributed by atoms with Crippen LogP contribution in [-0.2, 0) is 16.0 Å². The SMILES string of the molecule is CCNC(=O)NC(=O)CN(C)CCN(C)C(=O)C(C)CCCc1ccccc1. The minimum absolute atomic E-state index is 0.0277. The summed E-state index contributed by atoms with van der Waals surface area (Å²) < 4.78 is 0. The molecule has 0 radical (unpaired) electrons. The second-order valence-corrected chi connectivity index (χ2v) is 7.18. The lowest BCUT2D eigenvalue weighted by atomic mass is 10.00. The van der Waals surface area contributed by atoms with Crippen LogP contribution >= 0.6 is 0 Å². The molecule has 0 saturated carbocycles. The van der Waals surface area contributed by atoms with Gasteiger partial charge in [0, 0.05) is 32.6 Å². The van der Waals surface area contributed by atoms with E-state index in [-0.39, 0.29) is 24.3 Å². The van der Waals surface area contributed by atoms with Gasteiger partial charge in [0.05, 0.1) is 6.54 Å². The van der Waals surface area contributed by atoms with E-state index < -0.39 is 6.03 Å². The molecule has 0 aliphatic heterocycles. The largest absolute Gasteiger partial charge is 0.344 e. The molecule has 156 valence electrons. The highest BCUT2D eigenvalue weighted by molar-refractivity contribution is 5.95. The maximum atomic E-state index is 12.5. The molecule has 0 saturated heterocycles. The van der Waals surface area contributed by atoms with Crippen molar-refractivity contribution in [2.75, 3.05) is 40.3 Å². The first-order chi connectivity index (χ1) is 13.3. The van der Waals surface area contributed by atoms with Crippen molar-refractivity contribution in [3.63, 3.8) is 0 Å². The molecule has 0 aromatic heterocycles. The summed E-state index contributed by atoms with van der Waals surface area (Å²) in [5.41, 5.74) is 1.29. The predicted molar refractivity (Wildman–Crippen MR) is 111 cm³/mol. The molecule has 0 fully saturated rings. The minimum atomic E-state index is -0.488. The van der Waals surface area contributed by atoms with Crippen molar-refractivity contribution in [1.29, 1.82) is 0 Å². The number of urea groups is 1. The van der Waals surface area contributed by atoms with Gasteiger partial charge in [0.1, 0.15) is 0 Å². The molecule has 4 amide bonds. The molecule has 1 aromatic carbocycles. The summed E-state index contributed by atoms with van der Waals surface area (Å²) in [7, 11) is 3.58. The molecule has 0 spiro atoms. The van der Waals surface area contributed by atoms with Crippen LogP contribution in [0.5, 0.6) is 0 Å².